The molecule has 2 aromatic carbocycles. The molecule has 7 heteroatoms. The van der Waals surface area contributed by atoms with E-state index in [9.17, 15) is 9.59 Å². The van der Waals surface area contributed by atoms with Crippen molar-refractivity contribution in [1.82, 2.24) is 9.13 Å². The molecule has 5 rings (SSSR count). The highest BCUT2D eigenvalue weighted by atomic mass is 32.1. The number of aromatic nitrogens is 2. The minimum Gasteiger partial charge on any atom is -0.466 e. The van der Waals surface area contributed by atoms with Crippen LogP contribution in [-0.4, -0.2) is 22.2 Å². The molecule has 2 aromatic heterocycles. The van der Waals surface area contributed by atoms with Crippen LogP contribution in [0, 0.1) is 13.8 Å². The van der Waals surface area contributed by atoms with Gasteiger partial charge in [-0.25, -0.2) is 9.79 Å². The van der Waals surface area contributed by atoms with Gasteiger partial charge in [0, 0.05) is 23.2 Å². The maximum Gasteiger partial charge on any atom is 0.338 e. The van der Waals surface area contributed by atoms with E-state index in [2.05, 4.69) is 63.1 Å². The molecule has 1 atom stereocenters. The molecule has 200 valence electrons. The standard InChI is InChI=1S/C32H33N3O3S/c1-8-16-34-21(6)25(24-11-9-10-19(4)28(24)34)17-26-30(36)35-29(23-14-12-22(13-15-23)18(2)3)27(31(37)38-7)20(5)33-32(35)39-26/h8-15,17-18,29H,1,16H2,2-7H3/b26-17-/t29-/m1/s1. The molecular formula is C32H33N3O3S. The molecule has 0 bridgehead atoms. The zero-order valence-electron chi connectivity index (χ0n) is 23.2. The minimum absolute atomic E-state index is 0.178. The molecule has 1 aliphatic rings. The maximum absolute atomic E-state index is 14.1. The van der Waals surface area contributed by atoms with E-state index in [-0.39, 0.29) is 5.56 Å². The third-order valence-corrected chi connectivity index (χ3v) is 8.51. The van der Waals surface area contributed by atoms with Crippen molar-refractivity contribution in [2.45, 2.75) is 53.1 Å². The average molecular weight is 540 g/mol. The summed E-state index contributed by atoms with van der Waals surface area (Å²) in [7, 11) is 1.36. The molecular weight excluding hydrogens is 506 g/mol. The van der Waals surface area contributed by atoms with Crippen LogP contribution in [0.2, 0.25) is 0 Å². The van der Waals surface area contributed by atoms with Crippen LogP contribution in [0.5, 0.6) is 0 Å². The first-order valence-corrected chi connectivity index (χ1v) is 13.9. The summed E-state index contributed by atoms with van der Waals surface area (Å²) < 4.78 is 9.59. The van der Waals surface area contributed by atoms with Crippen molar-refractivity contribution in [2.75, 3.05) is 7.11 Å². The van der Waals surface area contributed by atoms with Gasteiger partial charge in [0.05, 0.1) is 34.5 Å². The third-order valence-electron chi connectivity index (χ3n) is 7.53. The van der Waals surface area contributed by atoms with Crippen molar-refractivity contribution in [1.29, 1.82) is 0 Å². The predicted molar refractivity (Wildman–Crippen MR) is 158 cm³/mol. The van der Waals surface area contributed by atoms with Crippen molar-refractivity contribution >= 4 is 34.3 Å². The Balaban J connectivity index is 1.77. The first-order chi connectivity index (χ1) is 18.7. The molecule has 0 spiro atoms. The highest BCUT2D eigenvalue weighted by Gasteiger charge is 2.33. The zero-order valence-corrected chi connectivity index (χ0v) is 24.1. The first-order valence-electron chi connectivity index (χ1n) is 13.1. The fourth-order valence-corrected chi connectivity index (χ4v) is 6.51. The largest absolute Gasteiger partial charge is 0.466 e. The second-order valence-corrected chi connectivity index (χ2v) is 11.3. The molecule has 1 aliphatic heterocycles. The Morgan fingerprint density at radius 1 is 1.15 bits per heavy atom. The summed E-state index contributed by atoms with van der Waals surface area (Å²) in [6, 6.07) is 13.7. The van der Waals surface area contributed by atoms with E-state index in [1.807, 2.05) is 30.4 Å². The Morgan fingerprint density at radius 3 is 2.51 bits per heavy atom. The van der Waals surface area contributed by atoms with Crippen molar-refractivity contribution in [3.05, 3.63) is 114 Å². The lowest BCUT2D eigenvalue weighted by molar-refractivity contribution is -0.136. The van der Waals surface area contributed by atoms with E-state index >= 15 is 0 Å². The number of methoxy groups -OCH3 is 1. The average Bonchev–Trinajstić information content (AvgIpc) is 3.37. The quantitative estimate of drug-likeness (QED) is 0.247. The molecule has 6 nitrogen and oxygen atoms in total. The zero-order chi connectivity index (χ0) is 28.0. The summed E-state index contributed by atoms with van der Waals surface area (Å²) in [6.45, 7) is 14.9. The summed E-state index contributed by atoms with van der Waals surface area (Å²) >= 11 is 1.34. The van der Waals surface area contributed by atoms with Gasteiger partial charge in [-0.3, -0.25) is 9.36 Å². The smallest absolute Gasteiger partial charge is 0.338 e. The monoisotopic (exact) mass is 539 g/mol. The fourth-order valence-electron chi connectivity index (χ4n) is 5.48. The van der Waals surface area contributed by atoms with Gasteiger partial charge in [-0.15, -0.1) is 6.58 Å². The van der Waals surface area contributed by atoms with Crippen molar-refractivity contribution in [3.63, 3.8) is 0 Å². The number of hydrogen-bond donors (Lipinski definition) is 0. The number of esters is 1. The van der Waals surface area contributed by atoms with E-state index in [0.717, 1.165) is 27.7 Å². The number of thiazole rings is 1. The lowest BCUT2D eigenvalue weighted by atomic mass is 9.93. The molecule has 0 aliphatic carbocycles. The number of rotatable bonds is 6. The number of fused-ring (bicyclic) bond motifs is 2. The van der Waals surface area contributed by atoms with Gasteiger partial charge in [-0.2, -0.15) is 0 Å². The Morgan fingerprint density at radius 2 is 1.87 bits per heavy atom. The maximum atomic E-state index is 14.1. The van der Waals surface area contributed by atoms with Gasteiger partial charge >= 0.3 is 5.97 Å². The molecule has 39 heavy (non-hydrogen) atoms. The van der Waals surface area contributed by atoms with Gasteiger partial charge in [-0.1, -0.05) is 73.7 Å². The number of hydrogen-bond acceptors (Lipinski definition) is 5. The normalized spacial score (nSPS) is 15.6. The molecule has 0 N–H and O–H groups in total. The number of nitrogens with zero attached hydrogens (tertiary/aromatic N) is 3. The van der Waals surface area contributed by atoms with Crippen molar-refractivity contribution in [2.24, 2.45) is 4.99 Å². The van der Waals surface area contributed by atoms with E-state index in [1.165, 1.54) is 29.6 Å². The summed E-state index contributed by atoms with van der Waals surface area (Å²) in [5, 5.41) is 1.09. The van der Waals surface area contributed by atoms with Crippen LogP contribution in [0.3, 0.4) is 0 Å². The van der Waals surface area contributed by atoms with Crippen LogP contribution in [0.4, 0.5) is 0 Å². The van der Waals surface area contributed by atoms with E-state index < -0.39 is 12.0 Å². The van der Waals surface area contributed by atoms with Gasteiger partial charge in [0.25, 0.3) is 5.56 Å². The number of benzene rings is 2. The Kier molecular flexibility index (Phi) is 7.03. The molecule has 0 fully saturated rings. The van der Waals surface area contributed by atoms with Gasteiger partial charge in [-0.05, 0) is 49.5 Å². The summed E-state index contributed by atoms with van der Waals surface area (Å²) in [6.07, 6.45) is 3.86. The molecule has 0 radical (unpaired) electrons. The first kappa shape index (κ1) is 26.6. The number of allylic oxidation sites excluding steroid dienone is 2. The lowest BCUT2D eigenvalue weighted by Crippen LogP contribution is -2.39. The van der Waals surface area contributed by atoms with E-state index in [1.54, 1.807) is 11.5 Å². The molecule has 4 aromatic rings. The number of aryl methyl sites for hydroxylation is 1. The molecule has 0 unspecified atom stereocenters. The van der Waals surface area contributed by atoms with E-state index in [4.69, 9.17) is 9.73 Å². The molecule has 0 saturated heterocycles. The number of carbonyl (C=O) groups excluding carboxylic acids is 1. The van der Waals surface area contributed by atoms with Crippen LogP contribution >= 0.6 is 11.3 Å². The van der Waals surface area contributed by atoms with Gasteiger partial charge in [0.2, 0.25) is 0 Å². The number of para-hydroxylation sites is 1. The molecule has 3 heterocycles. The minimum atomic E-state index is -0.623. The Hall–Kier alpha value is -3.97. The summed E-state index contributed by atoms with van der Waals surface area (Å²) in [4.78, 5) is 32.3. The topological polar surface area (TPSA) is 65.6 Å². The summed E-state index contributed by atoms with van der Waals surface area (Å²) in [5.41, 5.74) is 7.17. The highest BCUT2D eigenvalue weighted by Crippen LogP contribution is 2.32. The Labute approximate surface area is 231 Å². The van der Waals surface area contributed by atoms with Crippen LogP contribution in [0.1, 0.15) is 60.7 Å². The molecule has 0 saturated carbocycles. The van der Waals surface area contributed by atoms with E-state index in [0.29, 0.717) is 33.1 Å². The third kappa shape index (κ3) is 4.40. The second kappa shape index (κ2) is 10.3. The highest BCUT2D eigenvalue weighted by molar-refractivity contribution is 7.07. The molecule has 0 amide bonds. The van der Waals surface area contributed by atoms with Crippen molar-refractivity contribution < 1.29 is 9.53 Å². The van der Waals surface area contributed by atoms with Gasteiger partial charge < -0.3 is 9.30 Å². The van der Waals surface area contributed by atoms with Crippen molar-refractivity contribution in [3.8, 4) is 0 Å². The van der Waals surface area contributed by atoms with Gasteiger partial charge in [0.15, 0.2) is 4.80 Å². The van der Waals surface area contributed by atoms with Crippen LogP contribution < -0.4 is 14.9 Å². The number of carbonyl (C=O) groups is 1. The van der Waals surface area contributed by atoms with Crippen LogP contribution in [-0.2, 0) is 16.1 Å². The second-order valence-electron chi connectivity index (χ2n) is 10.3. The van der Waals surface area contributed by atoms with Crippen LogP contribution in [0.15, 0.2) is 76.2 Å². The summed E-state index contributed by atoms with van der Waals surface area (Å²) in [5.74, 6) is -0.115. The SMILES string of the molecule is C=CCn1c(C)c(/C=c2\sc3n(c2=O)[C@H](c2ccc(C(C)C)cc2)C(C(=O)OC)=C(C)N=3)c2cccc(C)c21. The lowest BCUT2D eigenvalue weighted by Gasteiger charge is -2.24. The number of ether oxygens (including phenoxy) is 1. The van der Waals surface area contributed by atoms with Gasteiger partial charge in [0.1, 0.15) is 0 Å². The van der Waals surface area contributed by atoms with Crippen LogP contribution in [0.25, 0.3) is 17.0 Å². The Bertz CT molecular complexity index is 1830. The predicted octanol–water partition coefficient (Wildman–Crippen LogP) is 5.29. The fraction of sp³-hybridized carbons (Fsp3) is 0.281.